The van der Waals surface area contributed by atoms with E-state index in [1.165, 1.54) is 32.1 Å². The van der Waals surface area contributed by atoms with Crippen LogP contribution in [0, 0.1) is 5.92 Å². The number of carbonyl (C=O) groups excluding carboxylic acids is 1. The van der Waals surface area contributed by atoms with Gasteiger partial charge < -0.3 is 5.32 Å². The smallest absolute Gasteiger partial charge is 0.240 e. The molecule has 1 aliphatic carbocycles. The lowest BCUT2D eigenvalue weighted by Crippen LogP contribution is -2.33. The third-order valence-electron chi connectivity index (χ3n) is 4.99. The molecule has 2 rings (SSSR count). The van der Waals surface area contributed by atoms with E-state index < -0.39 is 10.0 Å². The zero-order chi connectivity index (χ0) is 19.2. The molecule has 2 N–H and O–H groups in total. The van der Waals surface area contributed by atoms with Gasteiger partial charge in [-0.15, -0.1) is 0 Å². The Bertz CT molecular complexity index is 685. The summed E-state index contributed by atoms with van der Waals surface area (Å²) in [6.07, 6.45) is 6.30. The zero-order valence-electron chi connectivity index (χ0n) is 16.2. The first-order chi connectivity index (χ1) is 12.2. The van der Waals surface area contributed by atoms with Crippen LogP contribution in [-0.2, 0) is 20.2 Å². The van der Waals surface area contributed by atoms with Gasteiger partial charge in [0, 0.05) is 19.5 Å². The molecule has 6 heteroatoms. The molecule has 26 heavy (non-hydrogen) atoms. The van der Waals surface area contributed by atoms with Crippen molar-refractivity contribution in [3.63, 3.8) is 0 Å². The minimum Gasteiger partial charge on any atom is -0.356 e. The number of amides is 1. The van der Waals surface area contributed by atoms with Gasteiger partial charge in [0.05, 0.1) is 4.90 Å². The highest BCUT2D eigenvalue weighted by molar-refractivity contribution is 7.89. The van der Waals surface area contributed by atoms with Crippen LogP contribution in [0.3, 0.4) is 0 Å². The van der Waals surface area contributed by atoms with Crippen LogP contribution >= 0.6 is 0 Å². The van der Waals surface area contributed by atoms with Crippen molar-refractivity contribution in [2.75, 3.05) is 13.1 Å². The predicted octanol–water partition coefficient (Wildman–Crippen LogP) is 3.35. The van der Waals surface area contributed by atoms with Gasteiger partial charge in [-0.05, 0) is 41.9 Å². The third-order valence-corrected chi connectivity index (χ3v) is 6.46. The van der Waals surface area contributed by atoms with Crippen LogP contribution in [0.1, 0.15) is 64.9 Å². The fourth-order valence-corrected chi connectivity index (χ4v) is 4.29. The average molecular weight is 381 g/mol. The standard InChI is InChI=1S/C20H32N2O3S/c1-20(2,3)17-9-11-18(12-10-17)26(24,25)22-14-13-19(23)21-15-16-7-5-4-6-8-16/h9-12,16,22H,4-8,13-15H2,1-3H3,(H,21,23). The van der Waals surface area contributed by atoms with E-state index in [9.17, 15) is 13.2 Å². The van der Waals surface area contributed by atoms with Crippen molar-refractivity contribution in [3.05, 3.63) is 29.8 Å². The quantitative estimate of drug-likeness (QED) is 0.762. The lowest BCUT2D eigenvalue weighted by molar-refractivity contribution is -0.121. The summed E-state index contributed by atoms with van der Waals surface area (Å²) in [4.78, 5) is 12.1. The predicted molar refractivity (Wildman–Crippen MR) is 105 cm³/mol. The van der Waals surface area contributed by atoms with E-state index in [-0.39, 0.29) is 29.2 Å². The Morgan fingerprint density at radius 3 is 2.27 bits per heavy atom. The van der Waals surface area contributed by atoms with E-state index in [0.717, 1.165) is 5.56 Å². The molecule has 0 spiro atoms. The van der Waals surface area contributed by atoms with E-state index in [1.54, 1.807) is 12.1 Å². The largest absolute Gasteiger partial charge is 0.356 e. The van der Waals surface area contributed by atoms with Gasteiger partial charge in [0.1, 0.15) is 0 Å². The highest BCUT2D eigenvalue weighted by Crippen LogP contribution is 2.24. The molecule has 0 radical (unpaired) electrons. The van der Waals surface area contributed by atoms with Crippen LogP contribution in [0.4, 0.5) is 0 Å². The SMILES string of the molecule is CC(C)(C)c1ccc(S(=O)(=O)NCCC(=O)NCC2CCCCC2)cc1. The molecule has 0 bridgehead atoms. The van der Waals surface area contributed by atoms with Crippen molar-refractivity contribution in [2.45, 2.75) is 69.6 Å². The number of carbonyl (C=O) groups is 1. The molecule has 0 aromatic heterocycles. The molecule has 146 valence electrons. The van der Waals surface area contributed by atoms with Crippen LogP contribution in [0.5, 0.6) is 0 Å². The van der Waals surface area contributed by atoms with Gasteiger partial charge >= 0.3 is 0 Å². The van der Waals surface area contributed by atoms with Crippen LogP contribution in [0.2, 0.25) is 0 Å². The molecule has 1 saturated carbocycles. The minimum atomic E-state index is -3.58. The second kappa shape index (κ2) is 9.00. The monoisotopic (exact) mass is 380 g/mol. The second-order valence-electron chi connectivity index (χ2n) is 8.23. The highest BCUT2D eigenvalue weighted by Gasteiger charge is 2.18. The summed E-state index contributed by atoms with van der Waals surface area (Å²) in [5, 5.41) is 2.93. The first-order valence-corrected chi connectivity index (χ1v) is 11.0. The molecule has 0 heterocycles. The van der Waals surface area contributed by atoms with E-state index >= 15 is 0 Å². The van der Waals surface area contributed by atoms with Gasteiger partial charge in [0.2, 0.25) is 15.9 Å². The van der Waals surface area contributed by atoms with Crippen LogP contribution in [0.25, 0.3) is 0 Å². The molecule has 1 amide bonds. The molecule has 1 fully saturated rings. The molecule has 0 saturated heterocycles. The Morgan fingerprint density at radius 1 is 1.08 bits per heavy atom. The van der Waals surface area contributed by atoms with Crippen molar-refractivity contribution in [2.24, 2.45) is 5.92 Å². The van der Waals surface area contributed by atoms with Crippen molar-refractivity contribution in [1.29, 1.82) is 0 Å². The second-order valence-corrected chi connectivity index (χ2v) is 10.00. The van der Waals surface area contributed by atoms with Crippen LogP contribution < -0.4 is 10.0 Å². The summed E-state index contributed by atoms with van der Waals surface area (Å²) in [5.74, 6) is 0.479. The fourth-order valence-electron chi connectivity index (χ4n) is 3.25. The number of rotatable bonds is 7. The molecule has 1 aliphatic rings. The van der Waals surface area contributed by atoms with Gasteiger partial charge in [-0.2, -0.15) is 0 Å². The molecular weight excluding hydrogens is 348 g/mol. The van der Waals surface area contributed by atoms with Crippen LogP contribution in [-0.4, -0.2) is 27.4 Å². The lowest BCUT2D eigenvalue weighted by Gasteiger charge is -2.21. The normalized spacial score (nSPS) is 16.4. The minimum absolute atomic E-state index is 0.0217. The maximum Gasteiger partial charge on any atom is 0.240 e. The van der Waals surface area contributed by atoms with Crippen molar-refractivity contribution in [3.8, 4) is 0 Å². The van der Waals surface area contributed by atoms with E-state index in [2.05, 4.69) is 30.8 Å². The number of benzene rings is 1. The molecule has 0 atom stereocenters. The van der Waals surface area contributed by atoms with E-state index in [1.807, 2.05) is 12.1 Å². The van der Waals surface area contributed by atoms with Gasteiger partial charge in [-0.3, -0.25) is 4.79 Å². The summed E-state index contributed by atoms with van der Waals surface area (Å²) in [5.41, 5.74) is 1.06. The fraction of sp³-hybridized carbons (Fsp3) is 0.650. The molecule has 0 unspecified atom stereocenters. The highest BCUT2D eigenvalue weighted by atomic mass is 32.2. The van der Waals surface area contributed by atoms with Gasteiger partial charge in [0.25, 0.3) is 0 Å². The van der Waals surface area contributed by atoms with Crippen LogP contribution in [0.15, 0.2) is 29.2 Å². The summed E-state index contributed by atoms with van der Waals surface area (Å²) < 4.78 is 27.2. The Balaban J connectivity index is 1.77. The number of hydrogen-bond acceptors (Lipinski definition) is 3. The van der Waals surface area contributed by atoms with Crippen molar-refractivity contribution < 1.29 is 13.2 Å². The van der Waals surface area contributed by atoms with Gasteiger partial charge in [-0.25, -0.2) is 13.1 Å². The number of sulfonamides is 1. The first kappa shape index (κ1) is 20.9. The summed E-state index contributed by atoms with van der Waals surface area (Å²) >= 11 is 0. The molecular formula is C20H32N2O3S. The van der Waals surface area contributed by atoms with E-state index in [4.69, 9.17) is 0 Å². The Kier molecular flexibility index (Phi) is 7.24. The Labute approximate surface area is 158 Å². The zero-order valence-corrected chi connectivity index (χ0v) is 17.0. The van der Waals surface area contributed by atoms with E-state index in [0.29, 0.717) is 12.5 Å². The lowest BCUT2D eigenvalue weighted by atomic mass is 9.87. The van der Waals surface area contributed by atoms with Gasteiger partial charge in [-0.1, -0.05) is 52.2 Å². The number of hydrogen-bond donors (Lipinski definition) is 2. The Hall–Kier alpha value is -1.40. The van der Waals surface area contributed by atoms with Crippen molar-refractivity contribution in [1.82, 2.24) is 10.0 Å². The maximum absolute atomic E-state index is 12.3. The maximum atomic E-state index is 12.3. The summed E-state index contributed by atoms with van der Waals surface area (Å²) in [6.45, 7) is 7.07. The topological polar surface area (TPSA) is 75.3 Å². The first-order valence-electron chi connectivity index (χ1n) is 9.55. The van der Waals surface area contributed by atoms with Crippen molar-refractivity contribution >= 4 is 15.9 Å². The Morgan fingerprint density at radius 2 is 1.69 bits per heavy atom. The number of nitrogens with one attached hydrogen (secondary N) is 2. The summed E-state index contributed by atoms with van der Waals surface area (Å²) in [7, 11) is -3.58. The molecule has 5 nitrogen and oxygen atoms in total. The third kappa shape index (κ3) is 6.40. The molecule has 1 aromatic rings. The average Bonchev–Trinajstić information content (AvgIpc) is 2.60. The van der Waals surface area contributed by atoms with Gasteiger partial charge in [0.15, 0.2) is 0 Å². The molecule has 1 aromatic carbocycles. The molecule has 0 aliphatic heterocycles. The summed E-state index contributed by atoms with van der Waals surface area (Å²) in [6, 6.07) is 6.91.